The van der Waals surface area contributed by atoms with Gasteiger partial charge in [0.15, 0.2) is 0 Å². The third kappa shape index (κ3) is 1.64. The van der Waals surface area contributed by atoms with E-state index in [1.54, 1.807) is 12.4 Å². The van der Waals surface area contributed by atoms with Gasteiger partial charge in [-0.05, 0) is 31.5 Å². The second-order valence-corrected chi connectivity index (χ2v) is 3.08. The first-order valence-corrected chi connectivity index (χ1v) is 3.53. The van der Waals surface area contributed by atoms with Gasteiger partial charge >= 0.3 is 0 Å². The van der Waals surface area contributed by atoms with Crippen LogP contribution in [0.5, 0.6) is 0 Å². The minimum atomic E-state index is -0.386. The zero-order chi connectivity index (χ0) is 8.32. The Labute approximate surface area is 66.3 Å². The molecule has 1 rings (SSSR count). The fourth-order valence-electron chi connectivity index (χ4n) is 0.850. The summed E-state index contributed by atoms with van der Waals surface area (Å²) >= 11 is 0. The van der Waals surface area contributed by atoms with Gasteiger partial charge in [-0.15, -0.1) is 0 Å². The Bertz CT molecular complexity index is 241. The fourth-order valence-corrected chi connectivity index (χ4v) is 0.850. The van der Waals surface area contributed by atoms with Gasteiger partial charge in [0, 0.05) is 17.8 Å². The third-order valence-electron chi connectivity index (χ3n) is 1.72. The number of aldehydes is 1. The minimum Gasteiger partial charge on any atom is -0.302 e. The van der Waals surface area contributed by atoms with Crippen molar-refractivity contribution in [1.29, 1.82) is 0 Å². The number of aromatic nitrogens is 1. The quantitative estimate of drug-likeness (QED) is 0.597. The Kier molecular flexibility index (Phi) is 2.03. The molecule has 11 heavy (non-hydrogen) atoms. The van der Waals surface area contributed by atoms with Crippen LogP contribution in [0.1, 0.15) is 19.4 Å². The zero-order valence-corrected chi connectivity index (χ0v) is 6.74. The molecule has 0 saturated carbocycles. The smallest absolute Gasteiger partial charge is 0.129 e. The molecule has 1 aromatic heterocycles. The Balaban J connectivity index is 3.02. The summed E-state index contributed by atoms with van der Waals surface area (Å²) in [6.07, 6.45) is 4.34. The topological polar surface area (TPSA) is 30.0 Å². The SMILES string of the molecule is CC(C)(C=O)c1ccncc1. The number of carbonyl (C=O) groups is 1. The van der Waals surface area contributed by atoms with Gasteiger partial charge in [0.05, 0.1) is 0 Å². The summed E-state index contributed by atoms with van der Waals surface area (Å²) in [6, 6.07) is 3.71. The monoisotopic (exact) mass is 149 g/mol. The molecule has 0 aromatic carbocycles. The fraction of sp³-hybridized carbons (Fsp3) is 0.333. The van der Waals surface area contributed by atoms with Crippen LogP contribution in [0.15, 0.2) is 24.5 Å². The lowest BCUT2D eigenvalue weighted by atomic mass is 9.87. The van der Waals surface area contributed by atoms with E-state index in [2.05, 4.69) is 4.98 Å². The summed E-state index contributed by atoms with van der Waals surface area (Å²) in [6.45, 7) is 3.77. The van der Waals surface area contributed by atoms with E-state index in [4.69, 9.17) is 0 Å². The predicted molar refractivity (Wildman–Crippen MR) is 43.3 cm³/mol. The van der Waals surface area contributed by atoms with E-state index in [-0.39, 0.29) is 5.41 Å². The van der Waals surface area contributed by atoms with Crippen LogP contribution in [0, 0.1) is 0 Å². The molecule has 1 aromatic rings. The number of hydrogen-bond acceptors (Lipinski definition) is 2. The van der Waals surface area contributed by atoms with Gasteiger partial charge in [-0.2, -0.15) is 0 Å². The highest BCUT2D eigenvalue weighted by Gasteiger charge is 2.18. The maximum atomic E-state index is 10.6. The molecule has 0 radical (unpaired) electrons. The molecule has 0 bridgehead atoms. The van der Waals surface area contributed by atoms with Crippen LogP contribution < -0.4 is 0 Å². The largest absolute Gasteiger partial charge is 0.302 e. The first-order valence-electron chi connectivity index (χ1n) is 3.53. The Morgan fingerprint density at radius 2 is 1.91 bits per heavy atom. The molecule has 0 amide bonds. The maximum Gasteiger partial charge on any atom is 0.129 e. The van der Waals surface area contributed by atoms with Gasteiger partial charge in [0.2, 0.25) is 0 Å². The molecule has 0 aliphatic heterocycles. The molecule has 0 atom stereocenters. The number of rotatable bonds is 2. The van der Waals surface area contributed by atoms with E-state index in [1.165, 1.54) is 0 Å². The van der Waals surface area contributed by atoms with Gasteiger partial charge in [-0.1, -0.05) is 0 Å². The standard InChI is InChI=1S/C9H11NO/c1-9(2,7-11)8-3-5-10-6-4-8/h3-7H,1-2H3. The first kappa shape index (κ1) is 7.92. The van der Waals surface area contributed by atoms with Crippen molar-refractivity contribution >= 4 is 6.29 Å². The van der Waals surface area contributed by atoms with Crippen molar-refractivity contribution in [3.05, 3.63) is 30.1 Å². The molecule has 0 fully saturated rings. The predicted octanol–water partition coefficient (Wildman–Crippen LogP) is 1.56. The molecule has 0 spiro atoms. The first-order chi connectivity index (χ1) is 5.17. The number of hydrogen-bond donors (Lipinski definition) is 0. The molecule has 58 valence electrons. The summed E-state index contributed by atoms with van der Waals surface area (Å²) in [4.78, 5) is 14.5. The van der Waals surface area contributed by atoms with Gasteiger partial charge in [0.1, 0.15) is 6.29 Å². The average molecular weight is 149 g/mol. The number of nitrogens with zero attached hydrogens (tertiary/aromatic N) is 1. The van der Waals surface area contributed by atoms with Gasteiger partial charge in [-0.25, -0.2) is 0 Å². The van der Waals surface area contributed by atoms with Gasteiger partial charge in [0.25, 0.3) is 0 Å². The molecule has 0 unspecified atom stereocenters. The van der Waals surface area contributed by atoms with Crippen LogP contribution >= 0.6 is 0 Å². The van der Waals surface area contributed by atoms with Crippen molar-refractivity contribution in [2.45, 2.75) is 19.3 Å². The maximum absolute atomic E-state index is 10.6. The zero-order valence-electron chi connectivity index (χ0n) is 6.74. The van der Waals surface area contributed by atoms with Crippen LogP contribution in [-0.2, 0) is 10.2 Å². The Morgan fingerprint density at radius 3 is 2.36 bits per heavy atom. The van der Waals surface area contributed by atoms with Crippen LogP contribution in [0.25, 0.3) is 0 Å². The van der Waals surface area contributed by atoms with Gasteiger partial charge < -0.3 is 4.79 Å². The Morgan fingerprint density at radius 1 is 1.36 bits per heavy atom. The lowest BCUT2D eigenvalue weighted by molar-refractivity contribution is -0.111. The van der Waals surface area contributed by atoms with E-state index in [0.29, 0.717) is 0 Å². The normalized spacial score (nSPS) is 11.1. The van der Waals surface area contributed by atoms with E-state index < -0.39 is 0 Å². The van der Waals surface area contributed by atoms with E-state index >= 15 is 0 Å². The minimum absolute atomic E-state index is 0.386. The molecule has 2 nitrogen and oxygen atoms in total. The lowest BCUT2D eigenvalue weighted by Gasteiger charge is -2.15. The summed E-state index contributed by atoms with van der Waals surface area (Å²) in [5, 5.41) is 0. The molecule has 0 saturated heterocycles. The van der Waals surface area contributed by atoms with Crippen LogP contribution in [0.4, 0.5) is 0 Å². The highest BCUT2D eigenvalue weighted by molar-refractivity contribution is 5.66. The van der Waals surface area contributed by atoms with E-state index in [0.717, 1.165) is 11.8 Å². The summed E-state index contributed by atoms with van der Waals surface area (Å²) < 4.78 is 0. The molecule has 0 aliphatic carbocycles. The number of pyridine rings is 1. The molecule has 2 heteroatoms. The second-order valence-electron chi connectivity index (χ2n) is 3.08. The lowest BCUT2D eigenvalue weighted by Crippen LogP contribution is -2.18. The third-order valence-corrected chi connectivity index (χ3v) is 1.72. The molecule has 1 heterocycles. The van der Waals surface area contributed by atoms with Crippen molar-refractivity contribution in [3.8, 4) is 0 Å². The highest BCUT2D eigenvalue weighted by atomic mass is 16.1. The average Bonchev–Trinajstić information content (AvgIpc) is 2.06. The van der Waals surface area contributed by atoms with Crippen LogP contribution in [-0.4, -0.2) is 11.3 Å². The van der Waals surface area contributed by atoms with E-state index in [1.807, 2.05) is 26.0 Å². The van der Waals surface area contributed by atoms with Crippen LogP contribution in [0.2, 0.25) is 0 Å². The molecular weight excluding hydrogens is 138 g/mol. The summed E-state index contributed by atoms with van der Waals surface area (Å²) in [5.74, 6) is 0. The highest BCUT2D eigenvalue weighted by Crippen LogP contribution is 2.18. The molecular formula is C9H11NO. The van der Waals surface area contributed by atoms with Gasteiger partial charge in [-0.3, -0.25) is 4.98 Å². The number of carbonyl (C=O) groups excluding carboxylic acids is 1. The van der Waals surface area contributed by atoms with Crippen molar-refractivity contribution in [3.63, 3.8) is 0 Å². The second kappa shape index (κ2) is 2.82. The van der Waals surface area contributed by atoms with Crippen molar-refractivity contribution in [2.75, 3.05) is 0 Å². The van der Waals surface area contributed by atoms with Crippen molar-refractivity contribution in [1.82, 2.24) is 4.98 Å². The molecule has 0 N–H and O–H groups in total. The van der Waals surface area contributed by atoms with Crippen LogP contribution in [0.3, 0.4) is 0 Å². The Hall–Kier alpha value is -1.18. The summed E-state index contributed by atoms with van der Waals surface area (Å²) in [5.41, 5.74) is 0.616. The van der Waals surface area contributed by atoms with Crippen molar-refractivity contribution in [2.24, 2.45) is 0 Å². The van der Waals surface area contributed by atoms with Crippen molar-refractivity contribution < 1.29 is 4.79 Å². The summed E-state index contributed by atoms with van der Waals surface area (Å²) in [7, 11) is 0. The molecule has 0 aliphatic rings. The van der Waals surface area contributed by atoms with E-state index in [9.17, 15) is 4.79 Å².